The summed E-state index contributed by atoms with van der Waals surface area (Å²) in [5.74, 6) is -0.758. The SMILES string of the molecule is O=C(NCCN1CCCC1)C1CC(c2ccccc2)CN(C(=O)Nc2ccccc2F)C1. The molecule has 2 atom stereocenters. The predicted molar refractivity (Wildman–Crippen MR) is 123 cm³/mol. The molecule has 0 aliphatic carbocycles. The van der Waals surface area contributed by atoms with Crippen molar-refractivity contribution in [2.45, 2.75) is 25.2 Å². The number of carbonyl (C=O) groups is 2. The lowest BCUT2D eigenvalue weighted by Gasteiger charge is -2.37. The van der Waals surface area contributed by atoms with Gasteiger partial charge in [-0.05, 0) is 50.0 Å². The van der Waals surface area contributed by atoms with Crippen LogP contribution in [0.5, 0.6) is 0 Å². The highest BCUT2D eigenvalue weighted by molar-refractivity contribution is 5.90. The van der Waals surface area contributed by atoms with Crippen LogP contribution in [0.2, 0.25) is 0 Å². The minimum Gasteiger partial charge on any atom is -0.355 e. The number of benzene rings is 2. The number of piperidine rings is 1. The van der Waals surface area contributed by atoms with Gasteiger partial charge in [0.1, 0.15) is 5.82 Å². The van der Waals surface area contributed by atoms with Gasteiger partial charge < -0.3 is 20.4 Å². The average molecular weight is 439 g/mol. The second-order valence-electron chi connectivity index (χ2n) is 8.69. The van der Waals surface area contributed by atoms with E-state index in [0.717, 1.165) is 25.2 Å². The van der Waals surface area contributed by atoms with Crippen molar-refractivity contribution in [3.8, 4) is 0 Å². The molecule has 3 amide bonds. The molecular weight excluding hydrogens is 407 g/mol. The summed E-state index contributed by atoms with van der Waals surface area (Å²) >= 11 is 0. The molecule has 4 rings (SSSR count). The van der Waals surface area contributed by atoms with E-state index >= 15 is 0 Å². The lowest BCUT2D eigenvalue weighted by Crippen LogP contribution is -2.50. The van der Waals surface area contributed by atoms with Crippen molar-refractivity contribution in [2.24, 2.45) is 5.92 Å². The van der Waals surface area contributed by atoms with E-state index in [2.05, 4.69) is 15.5 Å². The summed E-state index contributed by atoms with van der Waals surface area (Å²) in [4.78, 5) is 29.9. The number of likely N-dealkylation sites (tertiary alicyclic amines) is 2. The van der Waals surface area contributed by atoms with Gasteiger partial charge in [0, 0.05) is 32.1 Å². The summed E-state index contributed by atoms with van der Waals surface area (Å²) in [5, 5.41) is 5.74. The summed E-state index contributed by atoms with van der Waals surface area (Å²) < 4.78 is 14.0. The van der Waals surface area contributed by atoms with Crippen molar-refractivity contribution in [3.05, 3.63) is 66.0 Å². The van der Waals surface area contributed by atoms with Crippen molar-refractivity contribution < 1.29 is 14.0 Å². The van der Waals surface area contributed by atoms with Gasteiger partial charge in [0.2, 0.25) is 5.91 Å². The Labute approximate surface area is 188 Å². The summed E-state index contributed by atoms with van der Waals surface area (Å²) in [6, 6.07) is 15.7. The molecule has 0 aromatic heterocycles. The van der Waals surface area contributed by atoms with Crippen molar-refractivity contribution >= 4 is 17.6 Å². The first-order chi connectivity index (χ1) is 15.6. The monoisotopic (exact) mass is 438 g/mol. The highest BCUT2D eigenvalue weighted by Gasteiger charge is 2.34. The zero-order valence-electron chi connectivity index (χ0n) is 18.3. The van der Waals surface area contributed by atoms with Crippen LogP contribution >= 0.6 is 0 Å². The minimum absolute atomic E-state index is 0.0199. The van der Waals surface area contributed by atoms with Gasteiger partial charge in [0.15, 0.2) is 0 Å². The van der Waals surface area contributed by atoms with Crippen molar-refractivity contribution in [3.63, 3.8) is 0 Å². The Morgan fingerprint density at radius 1 is 0.969 bits per heavy atom. The van der Waals surface area contributed by atoms with E-state index in [-0.39, 0.29) is 29.5 Å². The molecule has 6 nitrogen and oxygen atoms in total. The molecule has 2 fully saturated rings. The largest absolute Gasteiger partial charge is 0.355 e. The molecule has 0 spiro atoms. The molecule has 2 aliphatic rings. The molecular formula is C25H31FN4O2. The van der Waals surface area contributed by atoms with E-state index in [1.54, 1.807) is 17.0 Å². The summed E-state index contributed by atoms with van der Waals surface area (Å²) in [5.41, 5.74) is 1.25. The quantitative estimate of drug-likeness (QED) is 0.723. The number of anilines is 1. The molecule has 2 unspecified atom stereocenters. The van der Waals surface area contributed by atoms with Crippen LogP contribution in [0.1, 0.15) is 30.7 Å². The minimum atomic E-state index is -0.478. The molecule has 2 N–H and O–H groups in total. The fraction of sp³-hybridized carbons (Fsp3) is 0.440. The Morgan fingerprint density at radius 2 is 1.69 bits per heavy atom. The maximum Gasteiger partial charge on any atom is 0.321 e. The second kappa shape index (κ2) is 10.6. The van der Waals surface area contributed by atoms with Gasteiger partial charge in [-0.2, -0.15) is 0 Å². The van der Waals surface area contributed by atoms with Crippen molar-refractivity contribution in [1.82, 2.24) is 15.1 Å². The first-order valence-corrected chi connectivity index (χ1v) is 11.5. The van der Waals surface area contributed by atoms with Gasteiger partial charge in [-0.15, -0.1) is 0 Å². The fourth-order valence-corrected chi connectivity index (χ4v) is 4.67. The normalized spacial score (nSPS) is 21.3. The Hall–Kier alpha value is -2.93. The lowest BCUT2D eigenvalue weighted by atomic mass is 9.84. The van der Waals surface area contributed by atoms with E-state index in [1.807, 2.05) is 30.3 Å². The van der Waals surface area contributed by atoms with Crippen LogP contribution in [0, 0.1) is 11.7 Å². The van der Waals surface area contributed by atoms with E-state index in [0.29, 0.717) is 26.1 Å². The van der Waals surface area contributed by atoms with E-state index < -0.39 is 5.82 Å². The molecule has 7 heteroatoms. The van der Waals surface area contributed by atoms with Gasteiger partial charge in [0.25, 0.3) is 0 Å². The van der Waals surface area contributed by atoms with Gasteiger partial charge in [0.05, 0.1) is 11.6 Å². The maximum absolute atomic E-state index is 14.0. The van der Waals surface area contributed by atoms with Crippen LogP contribution in [-0.2, 0) is 4.79 Å². The van der Waals surface area contributed by atoms with E-state index in [9.17, 15) is 14.0 Å². The van der Waals surface area contributed by atoms with Gasteiger partial charge in [-0.25, -0.2) is 9.18 Å². The first-order valence-electron chi connectivity index (χ1n) is 11.5. The molecule has 2 saturated heterocycles. The van der Waals surface area contributed by atoms with Crippen LogP contribution in [0.4, 0.5) is 14.9 Å². The Balaban J connectivity index is 1.43. The van der Waals surface area contributed by atoms with Crippen LogP contribution in [0.3, 0.4) is 0 Å². The van der Waals surface area contributed by atoms with E-state index in [4.69, 9.17) is 0 Å². The Bertz CT molecular complexity index is 917. The summed E-state index contributed by atoms with van der Waals surface area (Å²) in [7, 11) is 0. The lowest BCUT2D eigenvalue weighted by molar-refractivity contribution is -0.126. The summed E-state index contributed by atoms with van der Waals surface area (Å²) in [6.45, 7) is 4.48. The molecule has 2 aromatic rings. The number of rotatable bonds is 6. The number of nitrogens with zero attached hydrogens (tertiary/aromatic N) is 2. The zero-order valence-corrected chi connectivity index (χ0v) is 18.3. The third kappa shape index (κ3) is 5.65. The standard InChI is InChI=1S/C25H31FN4O2/c26-22-10-4-5-11-23(22)28-25(32)30-17-20(19-8-2-1-3-9-19)16-21(18-30)24(31)27-12-15-29-13-6-7-14-29/h1-5,8-11,20-21H,6-7,12-18H2,(H,27,31)(H,28,32). The molecule has 2 aromatic carbocycles. The predicted octanol–water partition coefficient (Wildman–Crippen LogP) is 3.68. The van der Waals surface area contributed by atoms with Crippen LogP contribution in [0.15, 0.2) is 54.6 Å². The van der Waals surface area contributed by atoms with Crippen LogP contribution < -0.4 is 10.6 Å². The first kappa shape index (κ1) is 22.3. The van der Waals surface area contributed by atoms with Crippen LogP contribution in [-0.4, -0.2) is 61.0 Å². The number of hydrogen-bond donors (Lipinski definition) is 2. The molecule has 0 radical (unpaired) electrons. The topological polar surface area (TPSA) is 64.7 Å². The highest BCUT2D eigenvalue weighted by Crippen LogP contribution is 2.31. The third-order valence-electron chi connectivity index (χ3n) is 6.42. The van der Waals surface area contributed by atoms with Crippen molar-refractivity contribution in [2.75, 3.05) is 44.6 Å². The molecule has 0 bridgehead atoms. The zero-order chi connectivity index (χ0) is 22.3. The number of halogens is 1. The number of nitrogens with one attached hydrogen (secondary N) is 2. The molecule has 170 valence electrons. The molecule has 32 heavy (non-hydrogen) atoms. The van der Waals surface area contributed by atoms with Gasteiger partial charge in [-0.1, -0.05) is 42.5 Å². The van der Waals surface area contributed by atoms with Gasteiger partial charge in [-0.3, -0.25) is 4.79 Å². The summed E-state index contributed by atoms with van der Waals surface area (Å²) in [6.07, 6.45) is 3.13. The Morgan fingerprint density at radius 3 is 2.44 bits per heavy atom. The number of amides is 3. The Kier molecular flexibility index (Phi) is 7.37. The number of hydrogen-bond acceptors (Lipinski definition) is 3. The maximum atomic E-state index is 14.0. The molecule has 2 heterocycles. The number of urea groups is 1. The highest BCUT2D eigenvalue weighted by atomic mass is 19.1. The van der Waals surface area contributed by atoms with Crippen molar-refractivity contribution in [1.29, 1.82) is 0 Å². The molecule has 0 saturated carbocycles. The van der Waals surface area contributed by atoms with Crippen LogP contribution in [0.25, 0.3) is 0 Å². The number of carbonyl (C=O) groups excluding carboxylic acids is 2. The molecule has 2 aliphatic heterocycles. The number of para-hydroxylation sites is 1. The van der Waals surface area contributed by atoms with E-state index in [1.165, 1.54) is 25.0 Å². The van der Waals surface area contributed by atoms with Gasteiger partial charge >= 0.3 is 6.03 Å². The smallest absolute Gasteiger partial charge is 0.321 e. The fourth-order valence-electron chi connectivity index (χ4n) is 4.67. The average Bonchev–Trinajstić information content (AvgIpc) is 3.34. The third-order valence-corrected chi connectivity index (χ3v) is 6.42. The second-order valence-corrected chi connectivity index (χ2v) is 8.69.